The van der Waals surface area contributed by atoms with Crippen LogP contribution < -0.4 is 10.1 Å². The Kier molecular flexibility index (Phi) is 4.83. The van der Waals surface area contributed by atoms with Crippen molar-refractivity contribution in [2.24, 2.45) is 0 Å². The van der Waals surface area contributed by atoms with Gasteiger partial charge in [0.2, 0.25) is 0 Å². The van der Waals surface area contributed by atoms with E-state index in [9.17, 15) is 0 Å². The highest BCUT2D eigenvalue weighted by atomic mass is 35.5. The molecule has 1 N–H and O–H groups in total. The Labute approximate surface area is 119 Å². The maximum Gasteiger partial charge on any atom is 0.136 e. The highest BCUT2D eigenvalue weighted by Crippen LogP contribution is 2.25. The molecular formula is C16H18ClNO. The van der Waals surface area contributed by atoms with Crippen LogP contribution in [0.3, 0.4) is 0 Å². The Bertz CT molecular complexity index is 528. The highest BCUT2D eigenvalue weighted by molar-refractivity contribution is 6.31. The molecule has 0 aliphatic rings. The third kappa shape index (κ3) is 3.72. The predicted octanol–water partition coefficient (Wildman–Crippen LogP) is 3.99. The Morgan fingerprint density at radius 2 is 1.89 bits per heavy atom. The summed E-state index contributed by atoms with van der Waals surface area (Å²) in [7, 11) is 1.92. The number of benzene rings is 2. The van der Waals surface area contributed by atoms with Crippen LogP contribution in [-0.4, -0.2) is 13.6 Å². The van der Waals surface area contributed by atoms with Crippen molar-refractivity contribution in [2.45, 2.75) is 13.0 Å². The summed E-state index contributed by atoms with van der Waals surface area (Å²) < 4.78 is 6.06. The van der Waals surface area contributed by atoms with E-state index in [2.05, 4.69) is 17.4 Å². The lowest BCUT2D eigenvalue weighted by Crippen LogP contribution is -2.21. The quantitative estimate of drug-likeness (QED) is 0.891. The SMILES string of the molecule is CNCC(Oc1ccc(Cl)c(C)c1)c1ccccc1. The van der Waals surface area contributed by atoms with Crippen molar-refractivity contribution in [3.05, 3.63) is 64.7 Å². The van der Waals surface area contributed by atoms with E-state index in [-0.39, 0.29) is 6.10 Å². The largest absolute Gasteiger partial charge is 0.484 e. The van der Waals surface area contributed by atoms with Crippen LogP contribution in [0.5, 0.6) is 5.75 Å². The van der Waals surface area contributed by atoms with Crippen molar-refractivity contribution in [1.29, 1.82) is 0 Å². The summed E-state index contributed by atoms with van der Waals surface area (Å²) in [5.41, 5.74) is 2.18. The summed E-state index contributed by atoms with van der Waals surface area (Å²) in [6.45, 7) is 2.73. The van der Waals surface area contributed by atoms with E-state index < -0.39 is 0 Å². The van der Waals surface area contributed by atoms with Crippen molar-refractivity contribution in [2.75, 3.05) is 13.6 Å². The molecule has 2 nitrogen and oxygen atoms in total. The lowest BCUT2D eigenvalue weighted by Gasteiger charge is -2.19. The lowest BCUT2D eigenvalue weighted by molar-refractivity contribution is 0.205. The van der Waals surface area contributed by atoms with E-state index in [1.54, 1.807) is 0 Å². The van der Waals surface area contributed by atoms with Gasteiger partial charge < -0.3 is 10.1 Å². The zero-order valence-corrected chi connectivity index (χ0v) is 11.9. The molecule has 1 unspecified atom stereocenters. The number of halogens is 1. The molecule has 0 aliphatic carbocycles. The molecule has 0 bridgehead atoms. The van der Waals surface area contributed by atoms with Gasteiger partial charge in [0.25, 0.3) is 0 Å². The van der Waals surface area contributed by atoms with E-state index in [0.717, 1.165) is 28.4 Å². The van der Waals surface area contributed by atoms with Crippen LogP contribution in [0.1, 0.15) is 17.2 Å². The van der Waals surface area contributed by atoms with Crippen LogP contribution in [-0.2, 0) is 0 Å². The van der Waals surface area contributed by atoms with Gasteiger partial charge in [-0.2, -0.15) is 0 Å². The molecule has 2 rings (SSSR count). The minimum atomic E-state index is -0.00762. The van der Waals surface area contributed by atoms with Gasteiger partial charge >= 0.3 is 0 Å². The van der Waals surface area contributed by atoms with Crippen molar-refractivity contribution < 1.29 is 4.74 Å². The number of rotatable bonds is 5. The number of likely N-dealkylation sites (N-methyl/N-ethyl adjacent to an activating group) is 1. The predicted molar refractivity (Wildman–Crippen MR) is 79.9 cm³/mol. The maximum absolute atomic E-state index is 6.06. The Balaban J connectivity index is 2.19. The van der Waals surface area contributed by atoms with E-state index in [1.165, 1.54) is 0 Å². The molecule has 0 aromatic heterocycles. The molecule has 0 radical (unpaired) electrons. The van der Waals surface area contributed by atoms with Gasteiger partial charge in [-0.05, 0) is 43.3 Å². The van der Waals surface area contributed by atoms with Crippen LogP contribution >= 0.6 is 11.6 Å². The lowest BCUT2D eigenvalue weighted by atomic mass is 10.1. The van der Waals surface area contributed by atoms with Crippen molar-refractivity contribution in [3.63, 3.8) is 0 Å². The number of nitrogens with one attached hydrogen (secondary N) is 1. The first kappa shape index (κ1) is 13.9. The zero-order chi connectivity index (χ0) is 13.7. The van der Waals surface area contributed by atoms with Gasteiger partial charge in [0.1, 0.15) is 11.9 Å². The van der Waals surface area contributed by atoms with Gasteiger partial charge in [0.15, 0.2) is 0 Å². The van der Waals surface area contributed by atoms with Gasteiger partial charge in [0.05, 0.1) is 0 Å². The minimum absolute atomic E-state index is 0.00762. The highest BCUT2D eigenvalue weighted by Gasteiger charge is 2.12. The topological polar surface area (TPSA) is 21.3 Å². The number of hydrogen-bond acceptors (Lipinski definition) is 2. The van der Waals surface area contributed by atoms with Crippen LogP contribution in [0.4, 0.5) is 0 Å². The molecule has 2 aromatic rings. The summed E-state index contributed by atoms with van der Waals surface area (Å²) in [6.07, 6.45) is -0.00762. The first-order valence-electron chi connectivity index (χ1n) is 6.33. The fourth-order valence-corrected chi connectivity index (χ4v) is 2.05. The van der Waals surface area contributed by atoms with Crippen LogP contribution in [0, 0.1) is 6.92 Å². The van der Waals surface area contributed by atoms with Crippen molar-refractivity contribution in [3.8, 4) is 5.75 Å². The number of aryl methyl sites for hydroxylation is 1. The van der Waals surface area contributed by atoms with Crippen molar-refractivity contribution >= 4 is 11.6 Å². The van der Waals surface area contributed by atoms with Gasteiger partial charge in [-0.15, -0.1) is 0 Å². The molecule has 3 heteroatoms. The minimum Gasteiger partial charge on any atom is -0.484 e. The smallest absolute Gasteiger partial charge is 0.136 e. The average Bonchev–Trinajstić information content (AvgIpc) is 2.43. The molecule has 0 fully saturated rings. The molecule has 0 amide bonds. The molecule has 1 atom stereocenters. The maximum atomic E-state index is 6.06. The third-order valence-corrected chi connectivity index (χ3v) is 3.39. The number of hydrogen-bond donors (Lipinski definition) is 1. The Morgan fingerprint density at radius 1 is 1.16 bits per heavy atom. The fraction of sp³-hybridized carbons (Fsp3) is 0.250. The summed E-state index contributed by atoms with van der Waals surface area (Å²) in [6, 6.07) is 15.9. The average molecular weight is 276 g/mol. The van der Waals surface area contributed by atoms with Gasteiger partial charge in [-0.3, -0.25) is 0 Å². The molecule has 2 aromatic carbocycles. The zero-order valence-electron chi connectivity index (χ0n) is 11.2. The molecule has 0 aliphatic heterocycles. The van der Waals surface area contributed by atoms with Crippen LogP contribution in [0.15, 0.2) is 48.5 Å². The Morgan fingerprint density at radius 3 is 2.53 bits per heavy atom. The summed E-state index contributed by atoms with van der Waals surface area (Å²) in [5, 5.41) is 3.92. The van der Waals surface area contributed by atoms with Crippen LogP contribution in [0.25, 0.3) is 0 Å². The summed E-state index contributed by atoms with van der Waals surface area (Å²) >= 11 is 6.03. The van der Waals surface area contributed by atoms with E-state index in [4.69, 9.17) is 16.3 Å². The molecule has 0 saturated heterocycles. The second-order valence-electron chi connectivity index (χ2n) is 4.49. The first-order chi connectivity index (χ1) is 9.20. The van der Waals surface area contributed by atoms with E-state index >= 15 is 0 Å². The number of ether oxygens (including phenoxy) is 1. The second kappa shape index (κ2) is 6.60. The summed E-state index contributed by atoms with van der Waals surface area (Å²) in [5.74, 6) is 0.839. The normalized spacial score (nSPS) is 12.2. The van der Waals surface area contributed by atoms with E-state index in [1.807, 2.05) is 50.4 Å². The van der Waals surface area contributed by atoms with Gasteiger partial charge in [0, 0.05) is 11.6 Å². The van der Waals surface area contributed by atoms with Gasteiger partial charge in [-0.25, -0.2) is 0 Å². The second-order valence-corrected chi connectivity index (χ2v) is 4.89. The fourth-order valence-electron chi connectivity index (χ4n) is 1.94. The molecule has 19 heavy (non-hydrogen) atoms. The van der Waals surface area contributed by atoms with Crippen molar-refractivity contribution in [1.82, 2.24) is 5.32 Å². The van der Waals surface area contributed by atoms with E-state index in [0.29, 0.717) is 0 Å². The first-order valence-corrected chi connectivity index (χ1v) is 6.71. The molecule has 0 spiro atoms. The third-order valence-electron chi connectivity index (χ3n) is 2.97. The Hall–Kier alpha value is -1.51. The molecular weight excluding hydrogens is 258 g/mol. The molecule has 100 valence electrons. The van der Waals surface area contributed by atoms with Gasteiger partial charge in [-0.1, -0.05) is 41.9 Å². The molecule has 0 heterocycles. The summed E-state index contributed by atoms with van der Waals surface area (Å²) in [4.78, 5) is 0. The monoisotopic (exact) mass is 275 g/mol. The standard InChI is InChI=1S/C16H18ClNO/c1-12-10-14(8-9-15(12)17)19-16(11-18-2)13-6-4-3-5-7-13/h3-10,16,18H,11H2,1-2H3. The van der Waals surface area contributed by atoms with Crippen LogP contribution in [0.2, 0.25) is 5.02 Å². The molecule has 0 saturated carbocycles.